The predicted molar refractivity (Wildman–Crippen MR) is 109 cm³/mol. The fourth-order valence-electron chi connectivity index (χ4n) is 2.12. The maximum absolute atomic E-state index is 4.44. The molecule has 0 spiro atoms. The molecule has 0 saturated carbocycles. The van der Waals surface area contributed by atoms with E-state index in [0.717, 1.165) is 25.3 Å². The summed E-state index contributed by atoms with van der Waals surface area (Å²) >= 11 is 1.81. The zero-order valence-corrected chi connectivity index (χ0v) is 17.5. The quantitative estimate of drug-likeness (QED) is 0.265. The van der Waals surface area contributed by atoms with E-state index in [1.54, 1.807) is 0 Å². The fraction of sp³-hybridized carbons (Fsp3) is 0.750. The third kappa shape index (κ3) is 8.92. The fourth-order valence-corrected chi connectivity index (χ4v) is 2.98. The van der Waals surface area contributed by atoms with Crippen molar-refractivity contribution in [3.8, 4) is 0 Å². The molecular formula is C16H31IN4S. The number of rotatable bonds is 9. The Labute approximate surface area is 156 Å². The SMILES string of the molecule is CCCCCC(C)NC(=NC)NCCc1ncc(CC)s1.I. The Kier molecular flexibility index (Phi) is 12.9. The van der Waals surface area contributed by atoms with Crippen LogP contribution in [0.15, 0.2) is 11.2 Å². The van der Waals surface area contributed by atoms with Crippen LogP contribution in [-0.4, -0.2) is 30.6 Å². The number of nitrogens with zero attached hydrogens (tertiary/aromatic N) is 2. The highest BCUT2D eigenvalue weighted by Crippen LogP contribution is 2.13. The molecule has 0 aliphatic rings. The highest BCUT2D eigenvalue weighted by Gasteiger charge is 2.05. The molecule has 0 saturated heterocycles. The average Bonchev–Trinajstić information content (AvgIpc) is 2.94. The number of thiazole rings is 1. The van der Waals surface area contributed by atoms with Crippen molar-refractivity contribution < 1.29 is 0 Å². The Morgan fingerprint density at radius 2 is 2.14 bits per heavy atom. The lowest BCUT2D eigenvalue weighted by Gasteiger charge is -2.17. The van der Waals surface area contributed by atoms with E-state index in [2.05, 4.69) is 41.4 Å². The average molecular weight is 438 g/mol. The number of aliphatic imine (C=N–C) groups is 1. The Morgan fingerprint density at radius 3 is 2.73 bits per heavy atom. The van der Waals surface area contributed by atoms with Crippen molar-refractivity contribution in [2.24, 2.45) is 4.99 Å². The highest BCUT2D eigenvalue weighted by molar-refractivity contribution is 14.0. The lowest BCUT2D eigenvalue weighted by atomic mass is 10.1. The minimum atomic E-state index is 0. The predicted octanol–water partition coefficient (Wildman–Crippen LogP) is 4.00. The van der Waals surface area contributed by atoms with Crippen LogP contribution in [0.2, 0.25) is 0 Å². The van der Waals surface area contributed by atoms with Crippen molar-refractivity contribution in [3.63, 3.8) is 0 Å². The lowest BCUT2D eigenvalue weighted by Crippen LogP contribution is -2.42. The van der Waals surface area contributed by atoms with Crippen LogP contribution in [0.5, 0.6) is 0 Å². The third-order valence-electron chi connectivity index (χ3n) is 3.43. The first-order valence-electron chi connectivity index (χ1n) is 8.10. The Morgan fingerprint density at radius 1 is 1.36 bits per heavy atom. The number of aromatic nitrogens is 1. The molecule has 1 atom stereocenters. The lowest BCUT2D eigenvalue weighted by molar-refractivity contribution is 0.547. The molecule has 1 heterocycles. The van der Waals surface area contributed by atoms with Crippen molar-refractivity contribution in [1.82, 2.24) is 15.6 Å². The standard InChI is InChI=1S/C16H30N4S.HI/c1-5-7-8-9-13(3)20-16(17-4)18-11-10-15-19-12-14(6-2)21-15;/h12-13H,5-11H2,1-4H3,(H2,17,18,20);1H. The molecule has 0 aromatic carbocycles. The monoisotopic (exact) mass is 438 g/mol. The third-order valence-corrected chi connectivity index (χ3v) is 4.63. The van der Waals surface area contributed by atoms with E-state index in [0.29, 0.717) is 6.04 Å². The molecule has 1 aromatic rings. The van der Waals surface area contributed by atoms with Crippen LogP contribution in [0, 0.1) is 0 Å². The smallest absolute Gasteiger partial charge is 0.191 e. The normalized spacial score (nSPS) is 12.6. The van der Waals surface area contributed by atoms with E-state index in [9.17, 15) is 0 Å². The van der Waals surface area contributed by atoms with Crippen LogP contribution in [0.3, 0.4) is 0 Å². The number of guanidine groups is 1. The second kappa shape index (κ2) is 13.1. The second-order valence-corrected chi connectivity index (χ2v) is 6.56. The molecule has 6 heteroatoms. The largest absolute Gasteiger partial charge is 0.356 e. The molecule has 0 aliphatic carbocycles. The summed E-state index contributed by atoms with van der Waals surface area (Å²) in [6.45, 7) is 7.50. The van der Waals surface area contributed by atoms with Crippen LogP contribution < -0.4 is 10.6 Å². The zero-order valence-electron chi connectivity index (χ0n) is 14.3. The van der Waals surface area contributed by atoms with Crippen molar-refractivity contribution in [2.75, 3.05) is 13.6 Å². The maximum Gasteiger partial charge on any atom is 0.191 e. The van der Waals surface area contributed by atoms with Crippen molar-refractivity contribution in [1.29, 1.82) is 0 Å². The van der Waals surface area contributed by atoms with Crippen LogP contribution in [-0.2, 0) is 12.8 Å². The summed E-state index contributed by atoms with van der Waals surface area (Å²) in [6, 6.07) is 0.467. The topological polar surface area (TPSA) is 49.3 Å². The van der Waals surface area contributed by atoms with Gasteiger partial charge >= 0.3 is 0 Å². The van der Waals surface area contributed by atoms with Gasteiger partial charge in [0, 0.05) is 37.1 Å². The summed E-state index contributed by atoms with van der Waals surface area (Å²) < 4.78 is 0. The molecule has 2 N–H and O–H groups in total. The minimum Gasteiger partial charge on any atom is -0.356 e. The number of halogens is 1. The molecule has 0 radical (unpaired) electrons. The number of hydrogen-bond acceptors (Lipinski definition) is 3. The first-order valence-corrected chi connectivity index (χ1v) is 8.92. The van der Waals surface area contributed by atoms with Crippen LogP contribution in [0.25, 0.3) is 0 Å². The highest BCUT2D eigenvalue weighted by atomic mass is 127. The van der Waals surface area contributed by atoms with Gasteiger partial charge in [-0.3, -0.25) is 4.99 Å². The first-order chi connectivity index (χ1) is 10.2. The van der Waals surface area contributed by atoms with E-state index >= 15 is 0 Å². The van der Waals surface area contributed by atoms with E-state index in [1.165, 1.54) is 35.6 Å². The van der Waals surface area contributed by atoms with Gasteiger partial charge in [-0.05, 0) is 19.8 Å². The Hall–Kier alpha value is -0.370. The van der Waals surface area contributed by atoms with E-state index in [-0.39, 0.29) is 24.0 Å². The first kappa shape index (κ1) is 21.6. The molecule has 0 fully saturated rings. The van der Waals surface area contributed by atoms with Gasteiger partial charge in [0.25, 0.3) is 0 Å². The van der Waals surface area contributed by atoms with Crippen LogP contribution in [0.4, 0.5) is 0 Å². The number of nitrogens with one attached hydrogen (secondary N) is 2. The number of aryl methyl sites for hydroxylation is 1. The summed E-state index contributed by atoms with van der Waals surface area (Å²) in [5.41, 5.74) is 0. The van der Waals surface area contributed by atoms with Crippen molar-refractivity contribution in [2.45, 2.75) is 65.3 Å². The van der Waals surface area contributed by atoms with E-state index < -0.39 is 0 Å². The Balaban J connectivity index is 0.00000441. The Bertz CT molecular complexity index is 420. The molecule has 1 unspecified atom stereocenters. The van der Waals surface area contributed by atoms with Gasteiger partial charge in [0.1, 0.15) is 0 Å². The summed E-state index contributed by atoms with van der Waals surface area (Å²) in [7, 11) is 1.83. The van der Waals surface area contributed by atoms with Gasteiger partial charge in [-0.15, -0.1) is 35.3 Å². The molecular weight excluding hydrogens is 407 g/mol. The van der Waals surface area contributed by atoms with Gasteiger partial charge in [0.2, 0.25) is 0 Å². The molecule has 0 bridgehead atoms. The second-order valence-electron chi connectivity index (χ2n) is 5.36. The maximum atomic E-state index is 4.44. The summed E-state index contributed by atoms with van der Waals surface area (Å²) in [5.74, 6) is 0.895. The van der Waals surface area contributed by atoms with E-state index in [4.69, 9.17) is 0 Å². The number of hydrogen-bond donors (Lipinski definition) is 2. The van der Waals surface area contributed by atoms with Gasteiger partial charge in [-0.2, -0.15) is 0 Å². The van der Waals surface area contributed by atoms with Crippen molar-refractivity contribution in [3.05, 3.63) is 16.1 Å². The molecule has 22 heavy (non-hydrogen) atoms. The summed E-state index contributed by atoms with van der Waals surface area (Å²) in [6.07, 6.45) is 9.07. The van der Waals surface area contributed by atoms with Gasteiger partial charge in [-0.1, -0.05) is 33.1 Å². The van der Waals surface area contributed by atoms with Crippen LogP contribution in [0.1, 0.15) is 56.3 Å². The van der Waals surface area contributed by atoms with E-state index in [1.807, 2.05) is 24.6 Å². The summed E-state index contributed by atoms with van der Waals surface area (Å²) in [5, 5.41) is 8.02. The van der Waals surface area contributed by atoms with Gasteiger partial charge in [0.15, 0.2) is 5.96 Å². The van der Waals surface area contributed by atoms with Gasteiger partial charge < -0.3 is 10.6 Å². The molecule has 128 valence electrons. The molecule has 4 nitrogen and oxygen atoms in total. The van der Waals surface area contributed by atoms with Gasteiger partial charge in [0.05, 0.1) is 5.01 Å². The molecule has 0 aliphatic heterocycles. The molecule has 1 aromatic heterocycles. The minimum absolute atomic E-state index is 0. The molecule has 0 amide bonds. The molecule has 1 rings (SSSR count). The van der Waals surface area contributed by atoms with Crippen LogP contribution >= 0.6 is 35.3 Å². The summed E-state index contributed by atoms with van der Waals surface area (Å²) in [4.78, 5) is 10.1. The number of unbranched alkanes of at least 4 members (excludes halogenated alkanes) is 2. The van der Waals surface area contributed by atoms with Crippen molar-refractivity contribution >= 4 is 41.3 Å². The van der Waals surface area contributed by atoms with Gasteiger partial charge in [-0.25, -0.2) is 4.98 Å². The zero-order chi connectivity index (χ0) is 15.5.